The lowest BCUT2D eigenvalue weighted by molar-refractivity contribution is -0.118. The number of Topliss-reactive ketones (excluding diaryl/α,β-unsaturated/α-hetero) is 1. The molecule has 0 saturated heterocycles. The van der Waals surface area contributed by atoms with Crippen LogP contribution in [0.25, 0.3) is 5.69 Å². The molecule has 2 aromatic heterocycles. The Morgan fingerprint density at radius 2 is 1.96 bits per heavy atom. The van der Waals surface area contributed by atoms with E-state index in [2.05, 4.69) is 31.4 Å². The predicted molar refractivity (Wildman–Crippen MR) is 116 cm³/mol. The fraction of sp³-hybridized carbons (Fsp3) is 0.222. The number of thiophene rings is 1. The minimum Gasteiger partial charge on any atom is -0.356 e. The lowest BCUT2D eigenvalue weighted by Gasteiger charge is -2.10. The minimum atomic E-state index is -0.0930. The first-order valence-electron chi connectivity index (χ1n) is 8.30. The predicted octanol–water partition coefficient (Wildman–Crippen LogP) is 4.40. The molecule has 1 N–H and O–H groups in total. The van der Waals surface area contributed by atoms with Crippen LogP contribution in [0.4, 0.5) is 0 Å². The van der Waals surface area contributed by atoms with Gasteiger partial charge in [-0.3, -0.25) is 14.2 Å². The summed E-state index contributed by atoms with van der Waals surface area (Å²) >= 11 is 11.9. The first-order valence-corrected chi connectivity index (χ1v) is 11.3. The number of nitrogens with one attached hydrogen (secondary N) is 1. The Bertz CT molecular complexity index is 988. The van der Waals surface area contributed by atoms with Crippen LogP contribution in [-0.2, 0) is 11.2 Å². The standard InChI is InChI=1S/C18H16BrClN4O2S2/c1-11(25)21-9-8-17-22-23-18(24(17)13-4-2-12(19)3-5-13)27-10-14(26)15-6-7-16(20)28-15/h2-7H,8-10H2,1H3,(H,21,25). The summed E-state index contributed by atoms with van der Waals surface area (Å²) in [5, 5.41) is 11.9. The van der Waals surface area contributed by atoms with Gasteiger partial charge < -0.3 is 5.32 Å². The van der Waals surface area contributed by atoms with Crippen molar-refractivity contribution < 1.29 is 9.59 Å². The van der Waals surface area contributed by atoms with Crippen molar-refractivity contribution in [2.75, 3.05) is 12.3 Å². The van der Waals surface area contributed by atoms with Crippen LogP contribution in [0.3, 0.4) is 0 Å². The monoisotopic (exact) mass is 498 g/mol. The highest BCUT2D eigenvalue weighted by Crippen LogP contribution is 2.27. The molecule has 0 saturated carbocycles. The number of nitrogens with zero attached hydrogens (tertiary/aromatic N) is 3. The lowest BCUT2D eigenvalue weighted by Crippen LogP contribution is -2.23. The summed E-state index contributed by atoms with van der Waals surface area (Å²) in [6, 6.07) is 11.2. The van der Waals surface area contributed by atoms with Gasteiger partial charge in [0.05, 0.1) is 15.0 Å². The molecular weight excluding hydrogens is 484 g/mol. The Morgan fingerprint density at radius 3 is 2.61 bits per heavy atom. The molecule has 3 rings (SSSR count). The summed E-state index contributed by atoms with van der Waals surface area (Å²) in [6.45, 7) is 1.93. The van der Waals surface area contributed by atoms with Gasteiger partial charge in [-0.2, -0.15) is 0 Å². The molecule has 0 atom stereocenters. The van der Waals surface area contributed by atoms with Crippen molar-refractivity contribution in [1.82, 2.24) is 20.1 Å². The number of hydrogen-bond donors (Lipinski definition) is 1. The summed E-state index contributed by atoms with van der Waals surface area (Å²) < 4.78 is 3.46. The van der Waals surface area contributed by atoms with Crippen molar-refractivity contribution in [3.8, 4) is 5.69 Å². The molecule has 0 spiro atoms. The quantitative estimate of drug-likeness (QED) is 0.367. The van der Waals surface area contributed by atoms with Crippen molar-refractivity contribution in [2.45, 2.75) is 18.5 Å². The van der Waals surface area contributed by atoms with E-state index >= 15 is 0 Å². The molecule has 6 nitrogen and oxygen atoms in total. The van der Waals surface area contributed by atoms with Crippen molar-refractivity contribution in [2.24, 2.45) is 0 Å². The van der Waals surface area contributed by atoms with Crippen LogP contribution in [0.1, 0.15) is 22.4 Å². The van der Waals surface area contributed by atoms with Gasteiger partial charge in [0, 0.05) is 30.0 Å². The first kappa shape index (κ1) is 21.0. The van der Waals surface area contributed by atoms with Crippen LogP contribution >= 0.6 is 50.6 Å². The van der Waals surface area contributed by atoms with E-state index in [1.807, 2.05) is 28.8 Å². The third-order valence-corrected chi connectivity index (χ3v) is 6.42. The number of hydrogen-bond acceptors (Lipinski definition) is 6. The smallest absolute Gasteiger partial charge is 0.216 e. The molecule has 0 unspecified atom stereocenters. The highest BCUT2D eigenvalue weighted by molar-refractivity contribution is 9.10. The molecule has 146 valence electrons. The Hall–Kier alpha value is -1.68. The number of aromatic nitrogens is 3. The average molecular weight is 500 g/mol. The van der Waals surface area contributed by atoms with E-state index in [1.165, 1.54) is 30.0 Å². The zero-order valence-electron chi connectivity index (χ0n) is 14.8. The van der Waals surface area contributed by atoms with Gasteiger partial charge >= 0.3 is 0 Å². The number of carbonyl (C=O) groups is 2. The van der Waals surface area contributed by atoms with Crippen molar-refractivity contribution in [1.29, 1.82) is 0 Å². The van der Waals surface area contributed by atoms with E-state index in [1.54, 1.807) is 12.1 Å². The maximum atomic E-state index is 12.4. The zero-order valence-corrected chi connectivity index (χ0v) is 18.8. The largest absolute Gasteiger partial charge is 0.356 e. The van der Waals surface area contributed by atoms with Gasteiger partial charge in [0.1, 0.15) is 5.82 Å². The van der Waals surface area contributed by atoms with E-state index in [0.717, 1.165) is 10.2 Å². The molecule has 0 aliphatic carbocycles. The molecule has 1 aromatic carbocycles. The second-order valence-corrected chi connectivity index (χ2v) is 9.33. The van der Waals surface area contributed by atoms with Gasteiger partial charge in [-0.1, -0.05) is 39.3 Å². The van der Waals surface area contributed by atoms with Crippen LogP contribution < -0.4 is 5.32 Å². The lowest BCUT2D eigenvalue weighted by atomic mass is 10.3. The SMILES string of the molecule is CC(=O)NCCc1nnc(SCC(=O)c2ccc(Cl)s2)n1-c1ccc(Br)cc1. The number of thioether (sulfide) groups is 1. The Morgan fingerprint density at radius 1 is 1.21 bits per heavy atom. The zero-order chi connectivity index (χ0) is 20.1. The van der Waals surface area contributed by atoms with Gasteiger partial charge in [-0.05, 0) is 36.4 Å². The highest BCUT2D eigenvalue weighted by atomic mass is 79.9. The van der Waals surface area contributed by atoms with Gasteiger partial charge in [0.25, 0.3) is 0 Å². The van der Waals surface area contributed by atoms with Crippen LogP contribution in [0.2, 0.25) is 4.34 Å². The molecule has 28 heavy (non-hydrogen) atoms. The van der Waals surface area contributed by atoms with E-state index in [4.69, 9.17) is 11.6 Å². The number of rotatable bonds is 8. The minimum absolute atomic E-state index is 0.00736. The third-order valence-electron chi connectivity index (χ3n) is 3.69. The Labute approximate surface area is 183 Å². The number of benzene rings is 1. The number of halogens is 2. The fourth-order valence-corrected chi connectivity index (χ4v) is 4.61. The first-order chi connectivity index (χ1) is 13.4. The van der Waals surface area contributed by atoms with Crippen LogP contribution in [0, 0.1) is 0 Å². The molecular formula is C18H16BrClN4O2S2. The molecule has 10 heteroatoms. The fourth-order valence-electron chi connectivity index (χ4n) is 2.42. The molecule has 0 aliphatic heterocycles. The highest BCUT2D eigenvalue weighted by Gasteiger charge is 2.17. The van der Waals surface area contributed by atoms with Crippen LogP contribution in [-0.4, -0.2) is 38.8 Å². The van der Waals surface area contributed by atoms with Gasteiger partial charge in [0.2, 0.25) is 5.91 Å². The van der Waals surface area contributed by atoms with Crippen molar-refractivity contribution >= 4 is 62.3 Å². The topological polar surface area (TPSA) is 76.9 Å². The summed E-state index contributed by atoms with van der Waals surface area (Å²) in [5.41, 5.74) is 0.889. The van der Waals surface area contributed by atoms with Crippen molar-refractivity contribution in [3.05, 3.63) is 55.9 Å². The van der Waals surface area contributed by atoms with E-state index in [0.29, 0.717) is 33.2 Å². The summed E-state index contributed by atoms with van der Waals surface area (Å²) in [7, 11) is 0. The molecule has 0 aliphatic rings. The van der Waals surface area contributed by atoms with E-state index in [9.17, 15) is 9.59 Å². The molecule has 0 bridgehead atoms. The normalized spacial score (nSPS) is 10.8. The molecule has 0 fully saturated rings. The van der Waals surface area contributed by atoms with Gasteiger partial charge in [-0.15, -0.1) is 21.5 Å². The second kappa shape index (κ2) is 9.69. The van der Waals surface area contributed by atoms with E-state index < -0.39 is 0 Å². The summed E-state index contributed by atoms with van der Waals surface area (Å²) in [6.07, 6.45) is 0.525. The Kier molecular flexibility index (Phi) is 7.28. The van der Waals surface area contributed by atoms with Gasteiger partial charge in [-0.25, -0.2) is 0 Å². The Balaban J connectivity index is 1.81. The number of carbonyl (C=O) groups excluding carboxylic acids is 2. The molecule has 2 heterocycles. The van der Waals surface area contributed by atoms with Crippen molar-refractivity contribution in [3.63, 3.8) is 0 Å². The van der Waals surface area contributed by atoms with E-state index in [-0.39, 0.29) is 17.4 Å². The number of ketones is 1. The maximum Gasteiger partial charge on any atom is 0.216 e. The molecule has 1 amide bonds. The van der Waals surface area contributed by atoms with Gasteiger partial charge in [0.15, 0.2) is 10.9 Å². The summed E-state index contributed by atoms with van der Waals surface area (Å²) in [4.78, 5) is 24.2. The average Bonchev–Trinajstić information content (AvgIpc) is 3.27. The maximum absolute atomic E-state index is 12.4. The third kappa shape index (κ3) is 5.44. The summed E-state index contributed by atoms with van der Waals surface area (Å²) in [5.74, 6) is 0.846. The molecule has 0 radical (unpaired) electrons. The second-order valence-electron chi connectivity index (χ2n) is 5.76. The molecule has 3 aromatic rings. The number of amides is 1. The van der Waals surface area contributed by atoms with Crippen LogP contribution in [0.5, 0.6) is 0 Å². The van der Waals surface area contributed by atoms with Crippen LogP contribution in [0.15, 0.2) is 46.0 Å².